The normalized spacial score (nSPS) is 11.1. The number of benzene rings is 2. The molecule has 31 heavy (non-hydrogen) atoms. The number of nitrogens with zero attached hydrogens (tertiary/aromatic N) is 2. The van der Waals surface area contributed by atoms with Gasteiger partial charge in [0.25, 0.3) is 5.56 Å². The zero-order valence-electron chi connectivity index (χ0n) is 16.4. The Morgan fingerprint density at radius 1 is 1.23 bits per heavy atom. The monoisotopic (exact) mass is 473 g/mol. The lowest BCUT2D eigenvalue weighted by Crippen LogP contribution is -2.24. The number of amides is 1. The van der Waals surface area contributed by atoms with Gasteiger partial charge in [-0.15, -0.1) is 11.3 Å². The Morgan fingerprint density at radius 2 is 2.03 bits per heavy atom. The molecule has 0 aliphatic carbocycles. The van der Waals surface area contributed by atoms with Crippen molar-refractivity contribution in [3.8, 4) is 0 Å². The third-order valence-electron chi connectivity index (χ3n) is 4.64. The summed E-state index contributed by atoms with van der Waals surface area (Å²) in [4.78, 5) is 30.1. The first kappa shape index (κ1) is 21.5. The molecular formula is C22H17ClFN3O2S2. The van der Waals surface area contributed by atoms with Crippen LogP contribution in [0.1, 0.15) is 11.1 Å². The molecule has 5 nitrogen and oxygen atoms in total. The molecule has 2 aromatic carbocycles. The van der Waals surface area contributed by atoms with Crippen LogP contribution in [-0.2, 0) is 11.3 Å². The van der Waals surface area contributed by atoms with Crippen molar-refractivity contribution in [2.45, 2.75) is 18.6 Å². The highest BCUT2D eigenvalue weighted by atomic mass is 35.5. The predicted octanol–water partition coefficient (Wildman–Crippen LogP) is 5.34. The molecule has 1 amide bonds. The van der Waals surface area contributed by atoms with Gasteiger partial charge in [-0.1, -0.05) is 53.7 Å². The van der Waals surface area contributed by atoms with Gasteiger partial charge in [0.1, 0.15) is 10.5 Å². The number of carbonyl (C=O) groups is 1. The lowest BCUT2D eigenvalue weighted by Gasteiger charge is -2.13. The first-order valence-corrected chi connectivity index (χ1v) is 11.6. The number of fused-ring (bicyclic) bond motifs is 1. The highest BCUT2D eigenvalue weighted by Crippen LogP contribution is 2.26. The molecule has 2 aromatic heterocycles. The van der Waals surface area contributed by atoms with E-state index in [1.807, 2.05) is 19.1 Å². The molecule has 1 N–H and O–H groups in total. The van der Waals surface area contributed by atoms with Gasteiger partial charge < -0.3 is 5.32 Å². The van der Waals surface area contributed by atoms with Gasteiger partial charge in [-0.3, -0.25) is 14.2 Å². The average Bonchev–Trinajstić information content (AvgIpc) is 3.22. The number of carbonyl (C=O) groups excluding carboxylic acids is 1. The Balaban J connectivity index is 1.61. The van der Waals surface area contributed by atoms with Crippen LogP contribution in [0.4, 0.5) is 10.1 Å². The standard InChI is InChI=1S/C22H17ClFN3O2S2/c1-13-5-4-7-15(23)19(13)26-18(28)12-31-22-25-17-9-10-30-20(17)21(29)27(22)11-14-6-2-3-8-16(14)24/h2-10H,11-12H2,1H3,(H,26,28). The molecule has 0 aliphatic rings. The van der Waals surface area contributed by atoms with Gasteiger partial charge in [-0.25, -0.2) is 9.37 Å². The van der Waals surface area contributed by atoms with E-state index in [0.717, 1.165) is 17.3 Å². The molecule has 0 saturated heterocycles. The number of hydrogen-bond acceptors (Lipinski definition) is 5. The van der Waals surface area contributed by atoms with Crippen LogP contribution in [0, 0.1) is 12.7 Å². The Morgan fingerprint density at radius 3 is 2.81 bits per heavy atom. The van der Waals surface area contributed by atoms with Crippen molar-refractivity contribution >= 4 is 56.5 Å². The van der Waals surface area contributed by atoms with Crippen molar-refractivity contribution < 1.29 is 9.18 Å². The van der Waals surface area contributed by atoms with E-state index in [1.165, 1.54) is 22.0 Å². The van der Waals surface area contributed by atoms with Gasteiger partial charge in [-0.05, 0) is 36.1 Å². The highest BCUT2D eigenvalue weighted by molar-refractivity contribution is 7.99. The quantitative estimate of drug-likeness (QED) is 0.303. The maximum Gasteiger partial charge on any atom is 0.272 e. The second-order valence-corrected chi connectivity index (χ2v) is 9.05. The molecule has 0 saturated carbocycles. The van der Waals surface area contributed by atoms with E-state index in [2.05, 4.69) is 10.3 Å². The fourth-order valence-electron chi connectivity index (χ4n) is 3.07. The predicted molar refractivity (Wildman–Crippen MR) is 125 cm³/mol. The van der Waals surface area contributed by atoms with Crippen LogP contribution >= 0.6 is 34.7 Å². The Labute approximate surface area is 190 Å². The number of aryl methyl sites for hydroxylation is 1. The van der Waals surface area contributed by atoms with Crippen molar-refractivity contribution in [3.63, 3.8) is 0 Å². The fraction of sp³-hybridized carbons (Fsp3) is 0.136. The van der Waals surface area contributed by atoms with Crippen LogP contribution in [0.15, 0.2) is 63.9 Å². The minimum atomic E-state index is -0.399. The van der Waals surface area contributed by atoms with Crippen molar-refractivity contribution in [1.29, 1.82) is 0 Å². The van der Waals surface area contributed by atoms with E-state index < -0.39 is 5.82 Å². The summed E-state index contributed by atoms with van der Waals surface area (Å²) in [6.07, 6.45) is 0. The van der Waals surface area contributed by atoms with Crippen LogP contribution in [0.3, 0.4) is 0 Å². The van der Waals surface area contributed by atoms with Gasteiger partial charge in [0, 0.05) is 5.56 Å². The molecule has 0 unspecified atom stereocenters. The van der Waals surface area contributed by atoms with E-state index in [0.29, 0.717) is 31.6 Å². The van der Waals surface area contributed by atoms with E-state index in [-0.39, 0.29) is 23.8 Å². The van der Waals surface area contributed by atoms with Crippen LogP contribution < -0.4 is 10.9 Å². The first-order valence-electron chi connectivity index (χ1n) is 9.33. The first-order chi connectivity index (χ1) is 14.9. The summed E-state index contributed by atoms with van der Waals surface area (Å²) in [6.45, 7) is 1.88. The number of nitrogens with one attached hydrogen (secondary N) is 1. The summed E-state index contributed by atoms with van der Waals surface area (Å²) in [6, 6.07) is 13.4. The Bertz CT molecular complexity index is 1320. The van der Waals surface area contributed by atoms with Crippen LogP contribution in [0.5, 0.6) is 0 Å². The molecule has 2 heterocycles. The van der Waals surface area contributed by atoms with Crippen molar-refractivity contribution in [1.82, 2.24) is 9.55 Å². The number of rotatable bonds is 6. The number of anilines is 1. The second kappa shape index (κ2) is 9.21. The van der Waals surface area contributed by atoms with Crippen molar-refractivity contribution in [2.75, 3.05) is 11.1 Å². The second-order valence-electron chi connectivity index (χ2n) is 6.78. The fourth-order valence-corrected chi connectivity index (χ4v) is 4.91. The molecule has 0 spiro atoms. The number of para-hydroxylation sites is 1. The highest BCUT2D eigenvalue weighted by Gasteiger charge is 2.16. The summed E-state index contributed by atoms with van der Waals surface area (Å²) in [5, 5.41) is 5.40. The number of hydrogen-bond donors (Lipinski definition) is 1. The topological polar surface area (TPSA) is 64.0 Å². The van der Waals surface area contributed by atoms with Gasteiger partial charge in [0.15, 0.2) is 5.16 Å². The maximum atomic E-state index is 14.2. The zero-order valence-corrected chi connectivity index (χ0v) is 18.8. The lowest BCUT2D eigenvalue weighted by atomic mass is 10.2. The van der Waals surface area contributed by atoms with Gasteiger partial charge >= 0.3 is 0 Å². The number of aromatic nitrogens is 2. The van der Waals surface area contributed by atoms with E-state index in [1.54, 1.807) is 35.7 Å². The van der Waals surface area contributed by atoms with E-state index >= 15 is 0 Å². The summed E-state index contributed by atoms with van der Waals surface area (Å²) in [7, 11) is 0. The summed E-state index contributed by atoms with van der Waals surface area (Å²) in [5.41, 5.74) is 2.08. The molecule has 0 aliphatic heterocycles. The molecule has 9 heteroatoms. The van der Waals surface area contributed by atoms with Crippen molar-refractivity contribution in [2.24, 2.45) is 0 Å². The van der Waals surface area contributed by atoms with E-state index in [9.17, 15) is 14.0 Å². The Hall–Kier alpha value is -2.68. The largest absolute Gasteiger partial charge is 0.324 e. The number of thiophene rings is 1. The van der Waals surface area contributed by atoms with Crippen LogP contribution in [-0.4, -0.2) is 21.2 Å². The van der Waals surface area contributed by atoms with Gasteiger partial charge in [-0.2, -0.15) is 0 Å². The summed E-state index contributed by atoms with van der Waals surface area (Å²) >= 11 is 8.59. The van der Waals surface area contributed by atoms with Crippen molar-refractivity contribution in [3.05, 3.63) is 86.2 Å². The third kappa shape index (κ3) is 4.66. The molecule has 0 atom stereocenters. The molecule has 0 bridgehead atoms. The minimum absolute atomic E-state index is 0.0179. The SMILES string of the molecule is Cc1cccc(Cl)c1NC(=O)CSc1nc2ccsc2c(=O)n1Cc1ccccc1F. The smallest absolute Gasteiger partial charge is 0.272 e. The average molecular weight is 474 g/mol. The molecule has 4 aromatic rings. The number of thioether (sulfide) groups is 1. The minimum Gasteiger partial charge on any atom is -0.324 e. The van der Waals surface area contributed by atoms with Gasteiger partial charge in [0.05, 0.1) is 28.5 Å². The third-order valence-corrected chi connectivity index (χ3v) is 6.82. The maximum absolute atomic E-state index is 14.2. The van der Waals surface area contributed by atoms with Gasteiger partial charge in [0.2, 0.25) is 5.91 Å². The lowest BCUT2D eigenvalue weighted by molar-refractivity contribution is -0.113. The summed E-state index contributed by atoms with van der Waals surface area (Å²) in [5.74, 6) is -0.661. The number of halogens is 2. The molecule has 0 radical (unpaired) electrons. The molecule has 0 fully saturated rings. The van der Waals surface area contributed by atoms with E-state index in [4.69, 9.17) is 11.6 Å². The molecule has 4 rings (SSSR count). The van der Waals surface area contributed by atoms with Crippen LogP contribution in [0.2, 0.25) is 5.02 Å². The molecular weight excluding hydrogens is 457 g/mol. The van der Waals surface area contributed by atoms with Crippen LogP contribution in [0.25, 0.3) is 10.2 Å². The Kier molecular flexibility index (Phi) is 6.41. The summed E-state index contributed by atoms with van der Waals surface area (Å²) < 4.78 is 16.1. The zero-order chi connectivity index (χ0) is 22.0. The molecule has 158 valence electrons.